The Morgan fingerprint density at radius 2 is 1.81 bits per heavy atom. The lowest BCUT2D eigenvalue weighted by Crippen LogP contribution is -1.94. The SMILES string of the molecule is COc1cccc2c(Oc3ccccc3C#N)ncnc12. The van der Waals surface area contributed by atoms with Gasteiger partial charge in [0.15, 0.2) is 0 Å². The van der Waals surface area contributed by atoms with Crippen LogP contribution in [0, 0.1) is 11.3 Å². The summed E-state index contributed by atoms with van der Waals surface area (Å²) in [6.07, 6.45) is 1.41. The van der Waals surface area contributed by atoms with Crippen molar-refractivity contribution in [2.45, 2.75) is 0 Å². The molecule has 0 atom stereocenters. The fraction of sp³-hybridized carbons (Fsp3) is 0.0625. The van der Waals surface area contributed by atoms with Crippen molar-refractivity contribution >= 4 is 10.9 Å². The van der Waals surface area contributed by atoms with Gasteiger partial charge in [0.2, 0.25) is 5.88 Å². The van der Waals surface area contributed by atoms with E-state index in [1.165, 1.54) is 6.33 Å². The van der Waals surface area contributed by atoms with Gasteiger partial charge in [-0.2, -0.15) is 5.26 Å². The third-order valence-electron chi connectivity index (χ3n) is 3.03. The molecule has 0 aliphatic carbocycles. The van der Waals surface area contributed by atoms with E-state index in [0.29, 0.717) is 28.5 Å². The summed E-state index contributed by atoms with van der Waals surface area (Å²) < 4.78 is 11.1. The van der Waals surface area contributed by atoms with Gasteiger partial charge in [0.25, 0.3) is 0 Å². The molecule has 21 heavy (non-hydrogen) atoms. The Morgan fingerprint density at radius 3 is 2.62 bits per heavy atom. The molecule has 0 bridgehead atoms. The monoisotopic (exact) mass is 277 g/mol. The molecule has 5 heteroatoms. The molecule has 1 aromatic heterocycles. The van der Waals surface area contributed by atoms with Gasteiger partial charge in [-0.25, -0.2) is 9.97 Å². The van der Waals surface area contributed by atoms with Gasteiger partial charge in [0.05, 0.1) is 18.1 Å². The average Bonchev–Trinajstić information content (AvgIpc) is 2.55. The van der Waals surface area contributed by atoms with Crippen molar-refractivity contribution in [1.29, 1.82) is 5.26 Å². The van der Waals surface area contributed by atoms with Crippen LogP contribution in [0.2, 0.25) is 0 Å². The molecule has 0 radical (unpaired) electrons. The van der Waals surface area contributed by atoms with Gasteiger partial charge in [-0.15, -0.1) is 0 Å². The largest absolute Gasteiger partial charge is 0.494 e. The highest BCUT2D eigenvalue weighted by molar-refractivity contribution is 5.88. The first-order valence-electron chi connectivity index (χ1n) is 6.28. The maximum atomic E-state index is 9.11. The van der Waals surface area contributed by atoms with Crippen LogP contribution in [0.3, 0.4) is 0 Å². The van der Waals surface area contributed by atoms with Gasteiger partial charge < -0.3 is 9.47 Å². The van der Waals surface area contributed by atoms with Gasteiger partial charge >= 0.3 is 0 Å². The van der Waals surface area contributed by atoms with Gasteiger partial charge in [-0.05, 0) is 24.3 Å². The molecule has 0 amide bonds. The van der Waals surface area contributed by atoms with Crippen LogP contribution in [0.15, 0.2) is 48.8 Å². The Morgan fingerprint density at radius 1 is 1.00 bits per heavy atom. The number of nitriles is 1. The minimum atomic E-state index is 0.390. The Bertz CT molecular complexity index is 840. The number of hydrogen-bond donors (Lipinski definition) is 0. The highest BCUT2D eigenvalue weighted by Crippen LogP contribution is 2.32. The number of rotatable bonds is 3. The van der Waals surface area contributed by atoms with Crippen molar-refractivity contribution in [3.8, 4) is 23.4 Å². The van der Waals surface area contributed by atoms with Crippen molar-refractivity contribution in [2.75, 3.05) is 7.11 Å². The Labute approximate surface area is 121 Å². The van der Waals surface area contributed by atoms with E-state index in [9.17, 15) is 0 Å². The second kappa shape index (κ2) is 5.47. The van der Waals surface area contributed by atoms with Crippen molar-refractivity contribution in [2.24, 2.45) is 0 Å². The Hall–Kier alpha value is -3.13. The van der Waals surface area contributed by atoms with Crippen LogP contribution in [0.25, 0.3) is 10.9 Å². The van der Waals surface area contributed by atoms with Gasteiger partial charge in [0.1, 0.15) is 29.4 Å². The van der Waals surface area contributed by atoms with E-state index in [2.05, 4.69) is 16.0 Å². The molecule has 0 fully saturated rings. The molecule has 1 heterocycles. The number of hydrogen-bond acceptors (Lipinski definition) is 5. The molecule has 102 valence electrons. The number of ether oxygens (including phenoxy) is 2. The minimum Gasteiger partial charge on any atom is -0.494 e. The van der Waals surface area contributed by atoms with Crippen molar-refractivity contribution in [1.82, 2.24) is 9.97 Å². The molecule has 2 aromatic carbocycles. The summed E-state index contributed by atoms with van der Waals surface area (Å²) in [6.45, 7) is 0. The highest BCUT2D eigenvalue weighted by atomic mass is 16.5. The van der Waals surface area contributed by atoms with Gasteiger partial charge in [-0.3, -0.25) is 0 Å². The average molecular weight is 277 g/mol. The summed E-state index contributed by atoms with van der Waals surface area (Å²) in [5.41, 5.74) is 1.12. The maximum absolute atomic E-state index is 9.11. The van der Waals surface area contributed by atoms with Crippen LogP contribution < -0.4 is 9.47 Å². The van der Waals surface area contributed by atoms with E-state index in [4.69, 9.17) is 14.7 Å². The summed E-state index contributed by atoms with van der Waals surface area (Å²) in [5.74, 6) is 1.50. The zero-order valence-electron chi connectivity index (χ0n) is 11.3. The molecule has 3 aromatic rings. The first-order valence-corrected chi connectivity index (χ1v) is 6.28. The third kappa shape index (κ3) is 2.35. The molecule has 0 saturated carbocycles. The molecule has 0 unspecified atom stereocenters. The summed E-state index contributed by atoms with van der Waals surface area (Å²) in [4.78, 5) is 8.37. The number of nitrogens with zero attached hydrogens (tertiary/aromatic N) is 3. The smallest absolute Gasteiger partial charge is 0.230 e. The van der Waals surface area contributed by atoms with Crippen molar-refractivity contribution in [3.05, 3.63) is 54.4 Å². The topological polar surface area (TPSA) is 68.0 Å². The van der Waals surface area contributed by atoms with E-state index in [-0.39, 0.29) is 0 Å². The number of benzene rings is 2. The number of methoxy groups -OCH3 is 1. The van der Waals surface area contributed by atoms with Crippen LogP contribution in [0.5, 0.6) is 17.4 Å². The lowest BCUT2D eigenvalue weighted by molar-refractivity contribution is 0.418. The first kappa shape index (κ1) is 12.9. The van der Waals surface area contributed by atoms with E-state index >= 15 is 0 Å². The van der Waals surface area contributed by atoms with Crippen LogP contribution in [0.1, 0.15) is 5.56 Å². The minimum absolute atomic E-state index is 0.390. The Balaban J connectivity index is 2.12. The molecule has 5 nitrogen and oxygen atoms in total. The van der Waals surface area contributed by atoms with Crippen LogP contribution in [-0.4, -0.2) is 17.1 Å². The lowest BCUT2D eigenvalue weighted by Gasteiger charge is -2.10. The van der Waals surface area contributed by atoms with Gasteiger partial charge in [-0.1, -0.05) is 18.2 Å². The summed E-state index contributed by atoms with van der Waals surface area (Å²) in [5, 5.41) is 9.84. The predicted octanol–water partition coefficient (Wildman–Crippen LogP) is 3.30. The number of fused-ring (bicyclic) bond motifs is 1. The maximum Gasteiger partial charge on any atom is 0.230 e. The number of aromatic nitrogens is 2. The molecular formula is C16H11N3O2. The lowest BCUT2D eigenvalue weighted by atomic mass is 10.2. The molecule has 0 aliphatic rings. The van der Waals surface area contributed by atoms with E-state index in [1.54, 1.807) is 31.4 Å². The normalized spacial score (nSPS) is 10.1. The van der Waals surface area contributed by atoms with E-state index < -0.39 is 0 Å². The van der Waals surface area contributed by atoms with Crippen molar-refractivity contribution in [3.63, 3.8) is 0 Å². The second-order valence-corrected chi connectivity index (χ2v) is 4.25. The highest BCUT2D eigenvalue weighted by Gasteiger charge is 2.11. The zero-order valence-corrected chi connectivity index (χ0v) is 11.3. The number of para-hydroxylation sites is 2. The quantitative estimate of drug-likeness (QED) is 0.734. The van der Waals surface area contributed by atoms with Crippen molar-refractivity contribution < 1.29 is 9.47 Å². The van der Waals surface area contributed by atoms with Crippen LogP contribution in [-0.2, 0) is 0 Å². The fourth-order valence-corrected chi connectivity index (χ4v) is 2.03. The van der Waals surface area contributed by atoms with Gasteiger partial charge in [0, 0.05) is 0 Å². The third-order valence-corrected chi connectivity index (χ3v) is 3.03. The molecule has 0 N–H and O–H groups in total. The molecule has 0 aliphatic heterocycles. The fourth-order valence-electron chi connectivity index (χ4n) is 2.03. The summed E-state index contributed by atoms with van der Waals surface area (Å²) in [7, 11) is 1.59. The summed E-state index contributed by atoms with van der Waals surface area (Å²) in [6, 6.07) is 14.6. The molecular weight excluding hydrogens is 266 g/mol. The predicted molar refractivity (Wildman–Crippen MR) is 77.3 cm³/mol. The van der Waals surface area contributed by atoms with Crippen LogP contribution >= 0.6 is 0 Å². The molecule has 3 rings (SSSR count). The molecule has 0 saturated heterocycles. The van der Waals surface area contributed by atoms with E-state index in [1.807, 2.05) is 18.2 Å². The van der Waals surface area contributed by atoms with Crippen LogP contribution in [0.4, 0.5) is 0 Å². The first-order chi connectivity index (χ1) is 10.3. The molecule has 0 spiro atoms. The zero-order chi connectivity index (χ0) is 14.7. The van der Waals surface area contributed by atoms with E-state index in [0.717, 1.165) is 5.39 Å². The Kier molecular flexibility index (Phi) is 3.36. The standard InChI is InChI=1S/C16H11N3O2/c1-20-14-8-4-6-12-15(14)18-10-19-16(12)21-13-7-3-2-5-11(13)9-17/h2-8,10H,1H3. The summed E-state index contributed by atoms with van der Waals surface area (Å²) >= 11 is 0. The second-order valence-electron chi connectivity index (χ2n) is 4.25.